The maximum Gasteiger partial charge on any atom is 0.0644 e. The SMILES string of the molecule is C=CN=CC(=C)N(/C=C/C1c2cc3c(c4cccc(c24)C1C=C)-c1cc(-c2cccc(N(c4ccc(-c5ccc6c(c5)-c5cc7c(c8cccc-6c58)-c5ccccc5C7(C)C)cc4)c4cccnc4)c2)ccc1C3(C)C)c1ccccc1. The Morgan fingerprint density at radius 3 is 1.91 bits per heavy atom. The predicted molar refractivity (Wildman–Crippen MR) is 346 cm³/mol. The molecule has 1 heterocycles. The summed E-state index contributed by atoms with van der Waals surface area (Å²) in [5, 5.41) is 5.33. The Labute approximate surface area is 480 Å². The van der Waals surface area contributed by atoms with Crippen molar-refractivity contribution in [1.82, 2.24) is 4.98 Å². The van der Waals surface area contributed by atoms with E-state index in [-0.39, 0.29) is 22.7 Å². The standard InChI is InChI=1S/C78H60N4/c1-8-57-59(38-40-81(48(3)46-79-9-2)53-20-11-10-12-21-53)66-44-72-76(64-28-16-25-60(57)73(64)66)68-43-52(33-37-70(68)78(72,6)7)50-19-15-22-55(41-50)82(56-23-18-39-80-47-56)54-34-30-49(31-35-54)51-32-36-58-61-26-17-27-63-74(61)67(65(58)42-51)45-71-75(63)62-24-13-14-29-69(62)77(71,4)5/h8-47,57,59H,1-3H2,4-7H3/b40-38+,79-46?. The predicted octanol–water partition coefficient (Wildman–Crippen LogP) is 20.6. The Morgan fingerprint density at radius 2 is 1.12 bits per heavy atom. The highest BCUT2D eigenvalue weighted by Gasteiger charge is 2.42. The van der Waals surface area contributed by atoms with Crippen molar-refractivity contribution < 1.29 is 0 Å². The Bertz CT molecular complexity index is 4580. The van der Waals surface area contributed by atoms with Gasteiger partial charge in [-0.3, -0.25) is 9.98 Å². The molecule has 392 valence electrons. The summed E-state index contributed by atoms with van der Waals surface area (Å²) < 4.78 is 0. The maximum absolute atomic E-state index is 4.62. The van der Waals surface area contributed by atoms with Crippen molar-refractivity contribution in [2.45, 2.75) is 50.4 Å². The summed E-state index contributed by atoms with van der Waals surface area (Å²) in [4.78, 5) is 13.4. The molecule has 82 heavy (non-hydrogen) atoms. The molecule has 4 aliphatic carbocycles. The Morgan fingerprint density at radius 1 is 0.476 bits per heavy atom. The second-order valence-corrected chi connectivity index (χ2v) is 23.5. The van der Waals surface area contributed by atoms with E-state index in [1.165, 1.54) is 122 Å². The number of benzene rings is 10. The molecule has 15 rings (SSSR count). The number of para-hydroxylation sites is 1. The molecule has 0 saturated carbocycles. The first-order chi connectivity index (χ1) is 40.0. The second kappa shape index (κ2) is 18.6. The summed E-state index contributed by atoms with van der Waals surface area (Å²) in [6, 6.07) is 74.4. The van der Waals surface area contributed by atoms with E-state index in [4.69, 9.17) is 0 Å². The van der Waals surface area contributed by atoms with Crippen LogP contribution in [-0.4, -0.2) is 11.2 Å². The summed E-state index contributed by atoms with van der Waals surface area (Å²) in [7, 11) is 0. The second-order valence-electron chi connectivity index (χ2n) is 23.5. The highest BCUT2D eigenvalue weighted by atomic mass is 15.1. The molecule has 0 amide bonds. The minimum Gasteiger partial charge on any atom is -0.317 e. The lowest BCUT2D eigenvalue weighted by molar-refractivity contribution is 0.658. The van der Waals surface area contributed by atoms with Gasteiger partial charge >= 0.3 is 0 Å². The molecule has 0 saturated heterocycles. The number of allylic oxidation sites excluding steroid dienone is 3. The van der Waals surface area contributed by atoms with Crippen LogP contribution in [0.4, 0.5) is 22.7 Å². The average Bonchev–Trinajstić information content (AvgIpc) is 4.37. The molecule has 0 aliphatic heterocycles. The molecule has 2 atom stereocenters. The Kier molecular flexibility index (Phi) is 11.1. The van der Waals surface area contributed by atoms with Crippen LogP contribution in [0.2, 0.25) is 0 Å². The molecular weight excluding hydrogens is 993 g/mol. The van der Waals surface area contributed by atoms with E-state index in [1.807, 2.05) is 36.7 Å². The monoisotopic (exact) mass is 1050 g/mol. The Hall–Kier alpha value is -9.90. The van der Waals surface area contributed by atoms with Gasteiger partial charge in [-0.25, -0.2) is 0 Å². The molecule has 4 aliphatic rings. The fraction of sp³-hybridized carbons (Fsp3) is 0.103. The molecular formula is C78H60N4. The number of hydrogen-bond donors (Lipinski definition) is 0. The van der Waals surface area contributed by atoms with Crippen LogP contribution < -0.4 is 9.80 Å². The van der Waals surface area contributed by atoms with Gasteiger partial charge < -0.3 is 9.80 Å². The number of pyridine rings is 1. The van der Waals surface area contributed by atoms with Crippen molar-refractivity contribution in [2.75, 3.05) is 9.80 Å². The largest absolute Gasteiger partial charge is 0.317 e. The van der Waals surface area contributed by atoms with E-state index in [2.05, 4.69) is 261 Å². The van der Waals surface area contributed by atoms with Gasteiger partial charge in [-0.05, 0) is 188 Å². The van der Waals surface area contributed by atoms with Crippen molar-refractivity contribution in [3.05, 3.63) is 296 Å². The minimum absolute atomic E-state index is 0.0662. The third-order valence-electron chi connectivity index (χ3n) is 18.4. The summed E-state index contributed by atoms with van der Waals surface area (Å²) >= 11 is 0. The molecule has 11 aromatic rings. The van der Waals surface area contributed by atoms with Crippen molar-refractivity contribution in [3.8, 4) is 66.8 Å². The summed E-state index contributed by atoms with van der Waals surface area (Å²) in [5.41, 5.74) is 28.0. The van der Waals surface area contributed by atoms with Crippen LogP contribution in [0.15, 0.2) is 268 Å². The fourth-order valence-corrected chi connectivity index (χ4v) is 14.5. The fourth-order valence-electron chi connectivity index (χ4n) is 14.5. The number of anilines is 4. The summed E-state index contributed by atoms with van der Waals surface area (Å²) in [6.45, 7) is 22.1. The van der Waals surface area contributed by atoms with Gasteiger partial charge in [-0.1, -0.05) is 186 Å². The smallest absolute Gasteiger partial charge is 0.0644 e. The highest BCUT2D eigenvalue weighted by Crippen LogP contribution is 2.60. The zero-order valence-corrected chi connectivity index (χ0v) is 46.7. The van der Waals surface area contributed by atoms with E-state index in [0.29, 0.717) is 0 Å². The zero-order valence-electron chi connectivity index (χ0n) is 46.7. The van der Waals surface area contributed by atoms with E-state index >= 15 is 0 Å². The van der Waals surface area contributed by atoms with Gasteiger partial charge in [0.2, 0.25) is 0 Å². The summed E-state index contributed by atoms with van der Waals surface area (Å²) in [6.07, 6.45) is 13.7. The number of fused-ring (bicyclic) bond motifs is 11. The van der Waals surface area contributed by atoms with Crippen molar-refractivity contribution in [2.24, 2.45) is 4.99 Å². The molecule has 2 unspecified atom stereocenters. The van der Waals surface area contributed by atoms with E-state index < -0.39 is 0 Å². The molecule has 0 bridgehead atoms. The molecule has 4 nitrogen and oxygen atoms in total. The molecule has 1 aromatic heterocycles. The zero-order chi connectivity index (χ0) is 55.6. The Balaban J connectivity index is 0.774. The van der Waals surface area contributed by atoms with Crippen LogP contribution >= 0.6 is 0 Å². The van der Waals surface area contributed by atoms with Crippen LogP contribution in [0.3, 0.4) is 0 Å². The van der Waals surface area contributed by atoms with Crippen LogP contribution in [0.25, 0.3) is 88.3 Å². The average molecular weight is 1050 g/mol. The lowest BCUT2D eigenvalue weighted by Gasteiger charge is -2.26. The van der Waals surface area contributed by atoms with Gasteiger partial charge in [0.25, 0.3) is 0 Å². The number of nitrogens with zero attached hydrogens (tertiary/aromatic N) is 4. The van der Waals surface area contributed by atoms with E-state index in [1.54, 1.807) is 6.21 Å². The van der Waals surface area contributed by atoms with Gasteiger partial charge in [0, 0.05) is 58.3 Å². The lowest BCUT2D eigenvalue weighted by atomic mass is 9.80. The van der Waals surface area contributed by atoms with E-state index in [0.717, 1.165) is 34.0 Å². The van der Waals surface area contributed by atoms with Crippen LogP contribution in [0.1, 0.15) is 72.9 Å². The molecule has 0 N–H and O–H groups in total. The van der Waals surface area contributed by atoms with Gasteiger partial charge in [0.1, 0.15) is 0 Å². The van der Waals surface area contributed by atoms with Crippen molar-refractivity contribution in [3.63, 3.8) is 0 Å². The highest BCUT2D eigenvalue weighted by molar-refractivity contribution is 6.21. The van der Waals surface area contributed by atoms with E-state index in [9.17, 15) is 0 Å². The molecule has 4 heteroatoms. The molecule has 0 spiro atoms. The first-order valence-electron chi connectivity index (χ1n) is 28.5. The summed E-state index contributed by atoms with van der Waals surface area (Å²) in [5.74, 6) is 0.166. The number of hydrogen-bond acceptors (Lipinski definition) is 4. The first kappa shape index (κ1) is 49.2. The molecule has 0 fully saturated rings. The third-order valence-corrected chi connectivity index (χ3v) is 18.4. The van der Waals surface area contributed by atoms with Crippen molar-refractivity contribution >= 4 is 50.5 Å². The first-order valence-corrected chi connectivity index (χ1v) is 28.5. The van der Waals surface area contributed by atoms with Gasteiger partial charge in [-0.2, -0.15) is 0 Å². The van der Waals surface area contributed by atoms with Crippen LogP contribution in [-0.2, 0) is 10.8 Å². The lowest BCUT2D eigenvalue weighted by Crippen LogP contribution is -2.16. The minimum atomic E-state index is -0.232. The van der Waals surface area contributed by atoms with Gasteiger partial charge in [0.15, 0.2) is 0 Å². The van der Waals surface area contributed by atoms with Crippen LogP contribution in [0, 0.1) is 0 Å². The maximum atomic E-state index is 4.62. The molecule has 10 aromatic carbocycles. The number of aromatic nitrogens is 1. The van der Waals surface area contributed by atoms with Crippen molar-refractivity contribution in [1.29, 1.82) is 0 Å². The van der Waals surface area contributed by atoms with Gasteiger partial charge in [0.05, 0.1) is 23.8 Å². The number of aliphatic imine (C=N–C) groups is 1. The normalized spacial score (nSPS) is 16.0. The van der Waals surface area contributed by atoms with Crippen LogP contribution in [0.5, 0.6) is 0 Å². The quantitative estimate of drug-likeness (QED) is 0.0903. The molecule has 0 radical (unpaired) electrons. The third kappa shape index (κ3) is 7.30. The topological polar surface area (TPSA) is 31.7 Å². The van der Waals surface area contributed by atoms with Gasteiger partial charge in [-0.15, -0.1) is 6.58 Å². The number of rotatable bonds is 12.